The van der Waals surface area contributed by atoms with Gasteiger partial charge in [-0.1, -0.05) is 194 Å². The fraction of sp³-hybridized carbons (Fsp3) is 0.545. The Balaban J connectivity index is 1.48. The van der Waals surface area contributed by atoms with Gasteiger partial charge in [-0.15, -0.1) is 0 Å². The molecule has 0 heterocycles. The van der Waals surface area contributed by atoms with Crippen molar-refractivity contribution < 1.29 is 24.2 Å². The lowest BCUT2D eigenvalue weighted by atomic mass is 9.80. The highest BCUT2D eigenvalue weighted by molar-refractivity contribution is 5.80. The third kappa shape index (κ3) is 15.6. The maximum absolute atomic E-state index is 12.8. The molecule has 0 aliphatic rings. The number of aliphatic carboxylic acids is 1. The lowest BCUT2D eigenvalue weighted by Crippen LogP contribution is -2.45. The number of benzene rings is 3. The lowest BCUT2D eigenvalue weighted by Gasteiger charge is -2.37. The summed E-state index contributed by atoms with van der Waals surface area (Å²) in [5, 5.41) is 12.1. The summed E-state index contributed by atoms with van der Waals surface area (Å²) in [4.78, 5) is 23.9. The number of rotatable bonds is 29. The predicted octanol–water partition coefficient (Wildman–Crippen LogP) is 10.6. The van der Waals surface area contributed by atoms with Crippen LogP contribution in [0.5, 0.6) is 0 Å². The van der Waals surface area contributed by atoms with Crippen LogP contribution in [0.3, 0.4) is 0 Å². The van der Waals surface area contributed by atoms with Gasteiger partial charge in [0.25, 0.3) is 0 Å². The van der Waals surface area contributed by atoms with Crippen LogP contribution in [0, 0.1) is 0 Å². The van der Waals surface area contributed by atoms with E-state index < -0.39 is 17.6 Å². The van der Waals surface area contributed by atoms with E-state index in [1.807, 2.05) is 54.6 Å². The van der Waals surface area contributed by atoms with Crippen LogP contribution in [0.2, 0.25) is 0 Å². The molecule has 50 heavy (non-hydrogen) atoms. The molecule has 274 valence electrons. The average Bonchev–Trinajstić information content (AvgIpc) is 3.15. The van der Waals surface area contributed by atoms with E-state index in [1.165, 1.54) is 89.9 Å². The maximum atomic E-state index is 12.8. The summed E-state index contributed by atoms with van der Waals surface area (Å²) < 4.78 is 13.1. The summed E-state index contributed by atoms with van der Waals surface area (Å²) in [5.41, 5.74) is 1.99. The summed E-state index contributed by atoms with van der Waals surface area (Å²) in [6.45, 7) is 3.35. The topological polar surface area (TPSA) is 84.9 Å². The highest BCUT2D eigenvalue weighted by atomic mass is 16.5. The normalized spacial score (nSPS) is 12.1. The van der Waals surface area contributed by atoms with Crippen molar-refractivity contribution in [2.45, 2.75) is 134 Å². The molecule has 0 radical (unpaired) electrons. The molecule has 0 spiro atoms. The molecule has 0 fully saturated rings. The van der Waals surface area contributed by atoms with Crippen molar-refractivity contribution in [3.8, 4) is 0 Å². The van der Waals surface area contributed by atoms with Crippen LogP contribution in [0.15, 0.2) is 91.0 Å². The predicted molar refractivity (Wildman–Crippen MR) is 204 cm³/mol. The number of carboxylic acid groups (broad SMARTS) is 1. The van der Waals surface area contributed by atoms with Gasteiger partial charge in [-0.3, -0.25) is 9.59 Å². The van der Waals surface area contributed by atoms with Gasteiger partial charge in [0.2, 0.25) is 5.91 Å². The number of nitrogens with one attached hydrogen (secondary N) is 1. The van der Waals surface area contributed by atoms with Crippen LogP contribution in [-0.4, -0.2) is 42.8 Å². The molecule has 0 aromatic heterocycles. The quantitative estimate of drug-likeness (QED) is 0.0561. The molecule has 0 aliphatic carbocycles. The largest absolute Gasteiger partial charge is 0.481 e. The van der Waals surface area contributed by atoms with Gasteiger partial charge >= 0.3 is 5.97 Å². The van der Waals surface area contributed by atoms with E-state index in [1.54, 1.807) is 0 Å². The molecule has 0 saturated heterocycles. The zero-order valence-corrected chi connectivity index (χ0v) is 30.7. The number of ether oxygens (including phenoxy) is 2. The molecular formula is C44H63NO5. The molecule has 0 aliphatic heterocycles. The molecule has 0 bridgehead atoms. The van der Waals surface area contributed by atoms with Crippen molar-refractivity contribution >= 4 is 11.9 Å². The van der Waals surface area contributed by atoms with E-state index in [4.69, 9.17) is 14.6 Å². The van der Waals surface area contributed by atoms with E-state index in [0.717, 1.165) is 29.5 Å². The maximum Gasteiger partial charge on any atom is 0.303 e. The minimum atomic E-state index is -0.996. The van der Waals surface area contributed by atoms with Gasteiger partial charge < -0.3 is 19.9 Å². The average molecular weight is 686 g/mol. The summed E-state index contributed by atoms with van der Waals surface area (Å²) in [7, 11) is 0. The number of carbonyl (C=O) groups excluding carboxylic acids is 1. The van der Waals surface area contributed by atoms with Gasteiger partial charge in [0.1, 0.15) is 5.60 Å². The second-order valence-corrected chi connectivity index (χ2v) is 13.6. The molecule has 3 rings (SSSR count). The summed E-state index contributed by atoms with van der Waals surface area (Å²) in [6, 6.07) is 29.9. The van der Waals surface area contributed by atoms with Crippen molar-refractivity contribution in [3.05, 3.63) is 108 Å². The van der Waals surface area contributed by atoms with Gasteiger partial charge in [-0.2, -0.15) is 0 Å². The Labute approximate surface area is 302 Å². The fourth-order valence-corrected chi connectivity index (χ4v) is 6.62. The summed E-state index contributed by atoms with van der Waals surface area (Å²) >= 11 is 0. The van der Waals surface area contributed by atoms with Gasteiger partial charge in [-0.25, -0.2) is 0 Å². The molecule has 1 unspecified atom stereocenters. The van der Waals surface area contributed by atoms with Crippen molar-refractivity contribution in [3.63, 3.8) is 0 Å². The first-order valence-electron chi connectivity index (χ1n) is 19.5. The van der Waals surface area contributed by atoms with E-state index in [0.29, 0.717) is 6.61 Å². The minimum absolute atomic E-state index is 0.0911. The third-order valence-corrected chi connectivity index (χ3v) is 9.43. The van der Waals surface area contributed by atoms with Crippen molar-refractivity contribution in [1.29, 1.82) is 0 Å². The van der Waals surface area contributed by atoms with Gasteiger partial charge in [0.05, 0.1) is 25.7 Å². The Kier molecular flexibility index (Phi) is 20.9. The molecular weight excluding hydrogens is 622 g/mol. The van der Waals surface area contributed by atoms with Crippen LogP contribution < -0.4 is 5.32 Å². The van der Waals surface area contributed by atoms with E-state index in [2.05, 4.69) is 48.6 Å². The SMILES string of the molecule is CCCCCCCCCCCCCCCCCCOCC(COC(c1ccccc1)(c1ccccc1)c1ccccc1)NC(=O)CCC(=O)O. The van der Waals surface area contributed by atoms with E-state index >= 15 is 0 Å². The van der Waals surface area contributed by atoms with Crippen molar-refractivity contribution in [2.24, 2.45) is 0 Å². The fourth-order valence-electron chi connectivity index (χ4n) is 6.62. The number of unbranched alkanes of at least 4 members (excludes halogenated alkanes) is 15. The highest BCUT2D eigenvalue weighted by Gasteiger charge is 2.38. The Morgan fingerprint density at radius 2 is 0.980 bits per heavy atom. The molecule has 2 N–H and O–H groups in total. The Morgan fingerprint density at radius 3 is 1.38 bits per heavy atom. The Hall–Kier alpha value is -3.48. The van der Waals surface area contributed by atoms with Gasteiger partial charge in [0, 0.05) is 13.0 Å². The smallest absolute Gasteiger partial charge is 0.303 e. The summed E-state index contributed by atoms with van der Waals surface area (Å²) in [6.07, 6.45) is 20.8. The molecule has 1 atom stereocenters. The lowest BCUT2D eigenvalue weighted by molar-refractivity contribution is -0.139. The van der Waals surface area contributed by atoms with Crippen LogP contribution >= 0.6 is 0 Å². The first-order chi connectivity index (χ1) is 24.6. The first kappa shape index (κ1) is 40.9. The molecule has 0 saturated carbocycles. The molecule has 1 amide bonds. The van der Waals surface area contributed by atoms with E-state index in [9.17, 15) is 9.59 Å². The van der Waals surface area contributed by atoms with Crippen LogP contribution in [0.1, 0.15) is 139 Å². The first-order valence-corrected chi connectivity index (χ1v) is 19.5. The molecule has 3 aromatic rings. The van der Waals surface area contributed by atoms with Crippen LogP contribution in [0.25, 0.3) is 0 Å². The molecule has 3 aromatic carbocycles. The second-order valence-electron chi connectivity index (χ2n) is 13.6. The second kappa shape index (κ2) is 25.5. The number of carboxylic acids is 1. The number of hydrogen-bond acceptors (Lipinski definition) is 4. The monoisotopic (exact) mass is 685 g/mol. The number of amides is 1. The Bertz CT molecular complexity index is 1190. The zero-order valence-electron chi connectivity index (χ0n) is 30.7. The van der Waals surface area contributed by atoms with Gasteiger partial charge in [0.15, 0.2) is 0 Å². The van der Waals surface area contributed by atoms with Crippen molar-refractivity contribution in [1.82, 2.24) is 5.32 Å². The Morgan fingerprint density at radius 1 is 0.580 bits per heavy atom. The van der Waals surface area contributed by atoms with Crippen LogP contribution in [-0.2, 0) is 24.7 Å². The summed E-state index contributed by atoms with van der Waals surface area (Å²) in [5.74, 6) is -1.32. The number of carbonyl (C=O) groups is 2. The zero-order chi connectivity index (χ0) is 35.5. The number of hydrogen-bond donors (Lipinski definition) is 2. The van der Waals surface area contributed by atoms with Crippen LogP contribution in [0.4, 0.5) is 0 Å². The van der Waals surface area contributed by atoms with Gasteiger partial charge in [-0.05, 0) is 23.1 Å². The standard InChI is InChI=1S/C44H63NO5/c1-2-3-4-5-6-7-8-9-10-11-12-13-14-15-16-26-35-49-36-41(45-42(46)33-34-43(47)48)37-50-44(38-27-20-17-21-28-38,39-29-22-18-23-30-39)40-31-24-19-25-32-40/h17-25,27-32,41H,2-16,26,33-37H2,1H3,(H,45,46)(H,47,48). The molecule has 6 heteroatoms. The van der Waals surface area contributed by atoms with Crippen molar-refractivity contribution in [2.75, 3.05) is 19.8 Å². The van der Waals surface area contributed by atoms with E-state index in [-0.39, 0.29) is 32.0 Å². The molecule has 6 nitrogen and oxygen atoms in total. The minimum Gasteiger partial charge on any atom is -0.481 e. The third-order valence-electron chi connectivity index (χ3n) is 9.43. The highest BCUT2D eigenvalue weighted by Crippen LogP contribution is 2.40.